The summed E-state index contributed by atoms with van der Waals surface area (Å²) in [6.07, 6.45) is -1.96. The highest BCUT2D eigenvalue weighted by Crippen LogP contribution is 2.35. The number of rotatable bonds is 4. The van der Waals surface area contributed by atoms with Crippen molar-refractivity contribution in [3.05, 3.63) is 29.1 Å². The number of nitrogens with zero attached hydrogens (tertiary/aromatic N) is 1. The SMILES string of the molecule is CC.Cc1nc2c(C(F)(F)F)cc(CNCC3(O)CCC3)cc2[nH]1. The molecule has 4 nitrogen and oxygen atoms in total. The number of imidazole rings is 1. The summed E-state index contributed by atoms with van der Waals surface area (Å²) >= 11 is 0. The van der Waals surface area contributed by atoms with Gasteiger partial charge in [0.1, 0.15) is 11.3 Å². The number of halogens is 3. The second-order valence-corrected chi connectivity index (χ2v) is 6.04. The third kappa shape index (κ3) is 4.08. The Bertz CT molecular complexity index is 690. The van der Waals surface area contributed by atoms with Crippen LogP contribution < -0.4 is 5.32 Å². The predicted octanol–water partition coefficient (Wildman–Crippen LogP) is 3.92. The van der Waals surface area contributed by atoms with Crippen LogP contribution in [-0.2, 0) is 12.7 Å². The molecule has 0 unspecified atom stereocenters. The van der Waals surface area contributed by atoms with E-state index in [0.717, 1.165) is 25.3 Å². The molecular weight excluding hydrogens is 319 g/mol. The Morgan fingerprint density at radius 3 is 2.50 bits per heavy atom. The van der Waals surface area contributed by atoms with E-state index in [0.29, 0.717) is 23.4 Å². The van der Waals surface area contributed by atoms with Crippen LogP contribution in [0.5, 0.6) is 0 Å². The second kappa shape index (κ2) is 7.11. The molecule has 134 valence electrons. The number of alkyl halides is 3. The zero-order valence-corrected chi connectivity index (χ0v) is 14.2. The Balaban J connectivity index is 0.00000100. The van der Waals surface area contributed by atoms with Crippen molar-refractivity contribution < 1.29 is 18.3 Å². The predicted molar refractivity (Wildman–Crippen MR) is 87.7 cm³/mol. The van der Waals surface area contributed by atoms with Crippen molar-refractivity contribution in [1.82, 2.24) is 15.3 Å². The number of aromatic nitrogens is 2. The summed E-state index contributed by atoms with van der Waals surface area (Å²) in [5.74, 6) is 0.453. The zero-order chi connectivity index (χ0) is 18.0. The van der Waals surface area contributed by atoms with Crippen molar-refractivity contribution in [2.75, 3.05) is 6.54 Å². The van der Waals surface area contributed by atoms with Crippen molar-refractivity contribution >= 4 is 11.0 Å². The molecule has 0 atom stereocenters. The Labute approximate surface area is 139 Å². The van der Waals surface area contributed by atoms with Gasteiger partial charge in [-0.15, -0.1) is 0 Å². The van der Waals surface area contributed by atoms with Crippen LogP contribution in [0, 0.1) is 6.92 Å². The maximum absolute atomic E-state index is 13.2. The van der Waals surface area contributed by atoms with Gasteiger partial charge < -0.3 is 15.4 Å². The van der Waals surface area contributed by atoms with Crippen molar-refractivity contribution in [2.24, 2.45) is 0 Å². The average molecular weight is 343 g/mol. The first-order valence-electron chi connectivity index (χ1n) is 8.26. The van der Waals surface area contributed by atoms with E-state index in [-0.39, 0.29) is 12.1 Å². The van der Waals surface area contributed by atoms with Crippen LogP contribution in [0.2, 0.25) is 0 Å². The van der Waals surface area contributed by atoms with Crippen LogP contribution in [0.4, 0.5) is 13.2 Å². The lowest BCUT2D eigenvalue weighted by atomic mass is 9.80. The first-order valence-corrected chi connectivity index (χ1v) is 8.26. The third-order valence-corrected chi connectivity index (χ3v) is 4.14. The highest BCUT2D eigenvalue weighted by molar-refractivity contribution is 5.80. The fourth-order valence-corrected chi connectivity index (χ4v) is 2.82. The van der Waals surface area contributed by atoms with Crippen LogP contribution in [0.25, 0.3) is 11.0 Å². The van der Waals surface area contributed by atoms with E-state index in [1.54, 1.807) is 13.0 Å². The van der Waals surface area contributed by atoms with Gasteiger partial charge in [0, 0.05) is 13.1 Å². The number of benzene rings is 1. The minimum Gasteiger partial charge on any atom is -0.389 e. The molecule has 3 N–H and O–H groups in total. The molecule has 1 saturated carbocycles. The fourth-order valence-electron chi connectivity index (χ4n) is 2.82. The van der Waals surface area contributed by atoms with Gasteiger partial charge in [-0.3, -0.25) is 0 Å². The lowest BCUT2D eigenvalue weighted by Crippen LogP contribution is -2.45. The van der Waals surface area contributed by atoms with Crippen LogP contribution in [0.15, 0.2) is 12.1 Å². The van der Waals surface area contributed by atoms with Gasteiger partial charge in [-0.2, -0.15) is 13.2 Å². The molecule has 1 heterocycles. The van der Waals surface area contributed by atoms with E-state index >= 15 is 0 Å². The Hall–Kier alpha value is -1.60. The van der Waals surface area contributed by atoms with E-state index in [1.165, 1.54) is 0 Å². The highest BCUT2D eigenvalue weighted by Gasteiger charge is 2.35. The summed E-state index contributed by atoms with van der Waals surface area (Å²) in [6.45, 7) is 6.30. The second-order valence-electron chi connectivity index (χ2n) is 6.04. The molecule has 1 fully saturated rings. The molecule has 7 heteroatoms. The van der Waals surface area contributed by atoms with E-state index in [2.05, 4.69) is 15.3 Å². The summed E-state index contributed by atoms with van der Waals surface area (Å²) in [5.41, 5.74) is -0.570. The van der Waals surface area contributed by atoms with Crippen LogP contribution in [-0.4, -0.2) is 27.2 Å². The lowest BCUT2D eigenvalue weighted by Gasteiger charge is -2.36. The largest absolute Gasteiger partial charge is 0.418 e. The van der Waals surface area contributed by atoms with Gasteiger partial charge >= 0.3 is 6.18 Å². The maximum atomic E-state index is 13.2. The molecule has 1 aromatic carbocycles. The number of fused-ring (bicyclic) bond motifs is 1. The summed E-state index contributed by atoms with van der Waals surface area (Å²) in [7, 11) is 0. The summed E-state index contributed by atoms with van der Waals surface area (Å²) in [4.78, 5) is 6.78. The van der Waals surface area contributed by atoms with Crippen molar-refractivity contribution in [3.8, 4) is 0 Å². The van der Waals surface area contributed by atoms with Crippen LogP contribution in [0.1, 0.15) is 50.1 Å². The van der Waals surface area contributed by atoms with E-state index in [1.807, 2.05) is 13.8 Å². The molecule has 0 amide bonds. The lowest BCUT2D eigenvalue weighted by molar-refractivity contribution is -0.136. The number of hydrogen-bond donors (Lipinski definition) is 3. The average Bonchev–Trinajstić information content (AvgIpc) is 2.85. The van der Waals surface area contributed by atoms with Gasteiger partial charge in [0.2, 0.25) is 0 Å². The van der Waals surface area contributed by atoms with Gasteiger partial charge in [0.05, 0.1) is 16.7 Å². The highest BCUT2D eigenvalue weighted by atomic mass is 19.4. The molecule has 0 aliphatic heterocycles. The minimum atomic E-state index is -4.44. The standard InChI is InChI=1S/C15H18F3N3O.C2H6/c1-9-20-12-6-10(7-19-8-14(22)3-2-4-14)5-11(13(12)21-9)15(16,17)18;1-2/h5-6,19,22H,2-4,7-8H2,1H3,(H,20,21);1-2H3. The van der Waals surface area contributed by atoms with Gasteiger partial charge in [-0.05, 0) is 43.9 Å². The van der Waals surface area contributed by atoms with Gasteiger partial charge in [-0.1, -0.05) is 13.8 Å². The number of aliphatic hydroxyl groups is 1. The Kier molecular flexibility index (Phi) is 5.55. The Morgan fingerprint density at radius 1 is 1.29 bits per heavy atom. The molecule has 1 aliphatic carbocycles. The quantitative estimate of drug-likeness (QED) is 0.788. The van der Waals surface area contributed by atoms with E-state index in [4.69, 9.17) is 0 Å². The number of aryl methyl sites for hydroxylation is 1. The molecule has 1 aromatic heterocycles. The number of H-pyrrole nitrogens is 1. The van der Waals surface area contributed by atoms with E-state index in [9.17, 15) is 18.3 Å². The molecule has 0 spiro atoms. The smallest absolute Gasteiger partial charge is 0.389 e. The van der Waals surface area contributed by atoms with Gasteiger partial charge in [0.15, 0.2) is 0 Å². The number of hydrogen-bond acceptors (Lipinski definition) is 3. The molecule has 0 saturated heterocycles. The monoisotopic (exact) mass is 343 g/mol. The summed E-state index contributed by atoms with van der Waals surface area (Å²) in [6, 6.07) is 2.79. The number of aromatic amines is 1. The fraction of sp³-hybridized carbons (Fsp3) is 0.588. The number of nitrogens with one attached hydrogen (secondary N) is 2. The van der Waals surface area contributed by atoms with Gasteiger partial charge in [-0.25, -0.2) is 4.98 Å². The normalized spacial score (nSPS) is 16.5. The summed E-state index contributed by atoms with van der Waals surface area (Å²) < 4.78 is 39.5. The van der Waals surface area contributed by atoms with Crippen molar-refractivity contribution in [1.29, 1.82) is 0 Å². The van der Waals surface area contributed by atoms with E-state index < -0.39 is 17.3 Å². The first kappa shape index (κ1) is 18.7. The zero-order valence-electron chi connectivity index (χ0n) is 14.2. The third-order valence-electron chi connectivity index (χ3n) is 4.14. The molecular formula is C17H24F3N3O. The minimum absolute atomic E-state index is 0.0497. The molecule has 2 aromatic rings. The van der Waals surface area contributed by atoms with Crippen molar-refractivity contribution in [3.63, 3.8) is 0 Å². The molecule has 0 radical (unpaired) electrons. The van der Waals surface area contributed by atoms with Crippen molar-refractivity contribution in [2.45, 2.75) is 58.4 Å². The van der Waals surface area contributed by atoms with Gasteiger partial charge in [0.25, 0.3) is 0 Å². The molecule has 3 rings (SSSR count). The topological polar surface area (TPSA) is 60.9 Å². The molecule has 24 heavy (non-hydrogen) atoms. The maximum Gasteiger partial charge on any atom is 0.418 e. The Morgan fingerprint density at radius 2 is 1.96 bits per heavy atom. The van der Waals surface area contributed by atoms with Crippen LogP contribution in [0.3, 0.4) is 0 Å². The molecule has 1 aliphatic rings. The molecule has 0 bridgehead atoms. The van der Waals surface area contributed by atoms with Crippen LogP contribution >= 0.6 is 0 Å². The summed E-state index contributed by atoms with van der Waals surface area (Å²) in [5, 5.41) is 13.0. The first-order chi connectivity index (χ1) is 11.3.